The summed E-state index contributed by atoms with van der Waals surface area (Å²) in [6.07, 6.45) is 12.8. The van der Waals surface area contributed by atoms with Gasteiger partial charge in [-0.3, -0.25) is 14.8 Å². The summed E-state index contributed by atoms with van der Waals surface area (Å²) in [5, 5.41) is 13.4. The SMILES string of the molecule is CC(C)Cc1cncc2c(-c3cc(-c4[c-]c5ccccc5c(C(C)(C)C)c4)ncn3)coc12.CCC(C)(CC)C(=O)/C=C(\O)C(C)(CC)CC.[Ir]. The molecule has 1 N–H and O–H groups in total. The van der Waals surface area contributed by atoms with Gasteiger partial charge in [0, 0.05) is 71.6 Å². The van der Waals surface area contributed by atoms with Crippen LogP contribution in [-0.4, -0.2) is 25.8 Å². The topological polar surface area (TPSA) is 89.1 Å². The zero-order chi connectivity index (χ0) is 36.9. The number of carbonyl (C=O) groups is 1. The van der Waals surface area contributed by atoms with Gasteiger partial charge in [0.05, 0.1) is 5.69 Å². The minimum atomic E-state index is -0.337. The second kappa shape index (κ2) is 17.2. The number of hydrogen-bond acceptors (Lipinski definition) is 6. The number of fused-ring (bicyclic) bond motifs is 2. The van der Waals surface area contributed by atoms with Gasteiger partial charge >= 0.3 is 0 Å². The summed E-state index contributed by atoms with van der Waals surface area (Å²) < 4.78 is 5.99. The van der Waals surface area contributed by atoms with Crippen molar-refractivity contribution in [2.75, 3.05) is 0 Å². The van der Waals surface area contributed by atoms with Gasteiger partial charge in [0.2, 0.25) is 0 Å². The van der Waals surface area contributed by atoms with Gasteiger partial charge in [-0.2, -0.15) is 0 Å². The predicted molar refractivity (Wildman–Crippen MR) is 207 cm³/mol. The van der Waals surface area contributed by atoms with Crippen LogP contribution in [0.1, 0.15) is 113 Å². The first-order valence-corrected chi connectivity index (χ1v) is 18.2. The molecular weight excluding hydrogens is 811 g/mol. The van der Waals surface area contributed by atoms with Crippen LogP contribution in [0.15, 0.2) is 77.6 Å². The summed E-state index contributed by atoms with van der Waals surface area (Å²) in [7, 11) is 0. The van der Waals surface area contributed by atoms with E-state index in [0.29, 0.717) is 5.92 Å². The quantitative estimate of drug-likeness (QED) is 0.0808. The first kappa shape index (κ1) is 41.7. The van der Waals surface area contributed by atoms with E-state index in [9.17, 15) is 9.90 Å². The standard InChI is InChI=1S/C29H28N3O.C15H28O2.Ir/c1-18(2)10-21-14-30-15-23-24(16-33-28(21)23)27-13-26(31-17-32-27)20-11-19-8-6-7-9-22(19)25(12-20)29(3,4)5;1-7-14(5,8-2)12(16)11-13(17)15(6,9-3)10-4;/h6-9,12-18H,10H2,1-5H3;11,16H,7-10H2,1-6H3;/q-1;;/b;12-11-;. The fourth-order valence-electron chi connectivity index (χ4n) is 6.11. The van der Waals surface area contributed by atoms with Crippen LogP contribution < -0.4 is 0 Å². The smallest absolute Gasteiger partial charge is 0.164 e. The van der Waals surface area contributed by atoms with E-state index in [4.69, 9.17) is 4.42 Å². The number of hydrogen-bond donors (Lipinski definition) is 1. The third-order valence-electron chi connectivity index (χ3n) is 10.6. The summed E-state index contributed by atoms with van der Waals surface area (Å²) >= 11 is 0. The number of nitrogens with zero attached hydrogens (tertiary/aromatic N) is 3. The van der Waals surface area contributed by atoms with Crippen LogP contribution in [-0.2, 0) is 36.7 Å². The molecule has 0 aliphatic rings. The third kappa shape index (κ3) is 9.42. The van der Waals surface area contributed by atoms with E-state index in [1.54, 1.807) is 12.6 Å². The number of ketones is 1. The summed E-state index contributed by atoms with van der Waals surface area (Å²) in [6.45, 7) is 23.2. The molecule has 0 saturated carbocycles. The Morgan fingerprint density at radius 1 is 0.882 bits per heavy atom. The molecule has 0 atom stereocenters. The minimum Gasteiger partial charge on any atom is -0.512 e. The number of aliphatic hydroxyl groups excluding tert-OH is 1. The van der Waals surface area contributed by atoms with Crippen molar-refractivity contribution in [1.82, 2.24) is 15.0 Å². The Kier molecular flexibility index (Phi) is 14.1. The molecule has 5 aromatic rings. The van der Waals surface area contributed by atoms with Gasteiger partial charge in [0.25, 0.3) is 0 Å². The van der Waals surface area contributed by atoms with Crippen molar-refractivity contribution in [3.8, 4) is 22.5 Å². The van der Waals surface area contributed by atoms with Gasteiger partial charge in [-0.05, 0) is 49.5 Å². The number of aromatic nitrogens is 3. The van der Waals surface area contributed by atoms with Crippen LogP contribution in [0.2, 0.25) is 0 Å². The Morgan fingerprint density at radius 3 is 2.12 bits per heavy atom. The zero-order valence-electron chi connectivity index (χ0n) is 32.4. The van der Waals surface area contributed by atoms with Gasteiger partial charge in [0.1, 0.15) is 23.9 Å². The molecule has 3 heterocycles. The molecule has 0 unspecified atom stereocenters. The van der Waals surface area contributed by atoms with E-state index in [0.717, 1.165) is 76.5 Å². The van der Waals surface area contributed by atoms with Gasteiger partial charge < -0.3 is 9.52 Å². The Hall–Kier alpha value is -3.67. The van der Waals surface area contributed by atoms with Crippen LogP contribution >= 0.6 is 0 Å². The van der Waals surface area contributed by atoms with Crippen LogP contribution in [0.5, 0.6) is 0 Å². The molecule has 0 amide bonds. The Labute approximate surface area is 319 Å². The maximum absolute atomic E-state index is 12.2. The number of carbonyl (C=O) groups excluding carboxylic acids is 1. The molecule has 0 aliphatic heterocycles. The number of benzene rings is 2. The molecule has 7 heteroatoms. The van der Waals surface area contributed by atoms with Gasteiger partial charge in [-0.25, -0.2) is 4.98 Å². The molecule has 3 aromatic heterocycles. The van der Waals surface area contributed by atoms with E-state index >= 15 is 0 Å². The molecule has 6 nitrogen and oxygen atoms in total. The fraction of sp³-hybridized carbons (Fsp3) is 0.455. The molecule has 0 aliphatic carbocycles. The van der Waals surface area contributed by atoms with E-state index in [1.807, 2.05) is 60.0 Å². The fourth-order valence-corrected chi connectivity index (χ4v) is 6.11. The first-order valence-electron chi connectivity index (χ1n) is 18.2. The average Bonchev–Trinajstić information content (AvgIpc) is 3.55. The Bertz CT molecular complexity index is 1960. The molecule has 275 valence electrons. The van der Waals surface area contributed by atoms with Crippen molar-refractivity contribution >= 4 is 27.5 Å². The first-order chi connectivity index (χ1) is 23.6. The van der Waals surface area contributed by atoms with Gasteiger partial charge in [0.15, 0.2) is 5.78 Å². The summed E-state index contributed by atoms with van der Waals surface area (Å²) in [4.78, 5) is 25.8. The second-order valence-electron chi connectivity index (χ2n) is 15.5. The monoisotopic (exact) mass is 867 g/mol. The average molecular weight is 867 g/mol. The number of aliphatic hydroxyl groups is 1. The summed E-state index contributed by atoms with van der Waals surface area (Å²) in [5.41, 5.74) is 6.26. The van der Waals surface area contributed by atoms with Crippen molar-refractivity contribution in [3.63, 3.8) is 0 Å². The molecule has 5 rings (SSSR count). The number of rotatable bonds is 11. The number of furan rings is 1. The van der Waals surface area contributed by atoms with E-state index < -0.39 is 0 Å². The van der Waals surface area contributed by atoms with Crippen LogP contribution in [0.3, 0.4) is 0 Å². The van der Waals surface area contributed by atoms with Crippen molar-refractivity contribution in [1.29, 1.82) is 0 Å². The van der Waals surface area contributed by atoms with Crippen molar-refractivity contribution < 1.29 is 34.4 Å². The third-order valence-corrected chi connectivity index (χ3v) is 10.6. The zero-order valence-corrected chi connectivity index (χ0v) is 34.8. The molecular formula is C44H56IrN3O3-. The number of allylic oxidation sites excluding steroid dienone is 2. The maximum Gasteiger partial charge on any atom is 0.164 e. The van der Waals surface area contributed by atoms with E-state index in [1.165, 1.54) is 17.0 Å². The summed E-state index contributed by atoms with van der Waals surface area (Å²) in [5.74, 6) is 0.811. The molecule has 0 bridgehead atoms. The van der Waals surface area contributed by atoms with Crippen molar-refractivity contribution in [3.05, 3.63) is 90.4 Å². The molecule has 0 saturated heterocycles. The number of pyridine rings is 1. The molecule has 51 heavy (non-hydrogen) atoms. The molecule has 1 radical (unpaired) electrons. The Morgan fingerprint density at radius 2 is 1.51 bits per heavy atom. The van der Waals surface area contributed by atoms with Crippen molar-refractivity contribution in [2.45, 2.75) is 114 Å². The van der Waals surface area contributed by atoms with Crippen LogP contribution in [0, 0.1) is 22.8 Å². The largest absolute Gasteiger partial charge is 0.512 e. The summed E-state index contributed by atoms with van der Waals surface area (Å²) in [6, 6.07) is 16.2. The molecule has 0 spiro atoms. The van der Waals surface area contributed by atoms with Crippen molar-refractivity contribution in [2.24, 2.45) is 16.7 Å². The predicted octanol–water partition coefficient (Wildman–Crippen LogP) is 12.0. The normalized spacial score (nSPS) is 12.5. The van der Waals surface area contributed by atoms with Gasteiger partial charge in [-0.15, -0.1) is 29.1 Å². The molecule has 0 fully saturated rings. The molecule has 2 aromatic carbocycles. The minimum absolute atomic E-state index is 0. The van der Waals surface area contributed by atoms with Crippen LogP contribution in [0.25, 0.3) is 44.3 Å². The van der Waals surface area contributed by atoms with Crippen LogP contribution in [0.4, 0.5) is 0 Å². The van der Waals surface area contributed by atoms with E-state index in [-0.39, 0.29) is 47.9 Å². The maximum atomic E-state index is 12.2. The second-order valence-corrected chi connectivity index (χ2v) is 15.5. The Balaban J connectivity index is 0.000000335. The van der Waals surface area contributed by atoms with E-state index in [2.05, 4.69) is 86.0 Å². The van der Waals surface area contributed by atoms with Gasteiger partial charge in [-0.1, -0.05) is 105 Å².